The van der Waals surface area contributed by atoms with E-state index in [0.717, 1.165) is 12.5 Å². The van der Waals surface area contributed by atoms with Crippen molar-refractivity contribution in [3.63, 3.8) is 0 Å². The number of nitrogens with one attached hydrogen (secondary N) is 2. The summed E-state index contributed by atoms with van der Waals surface area (Å²) in [6.07, 6.45) is 3.16. The molecular formula is C11H18N2O3. The van der Waals surface area contributed by atoms with E-state index >= 15 is 0 Å². The van der Waals surface area contributed by atoms with Gasteiger partial charge >= 0.3 is 0 Å². The highest BCUT2D eigenvalue weighted by Gasteiger charge is 2.10. The first-order valence-corrected chi connectivity index (χ1v) is 5.14. The van der Waals surface area contributed by atoms with Crippen LogP contribution in [0, 0.1) is 0 Å². The number of carbonyl (C=O) groups is 2. The van der Waals surface area contributed by atoms with E-state index in [1.54, 1.807) is 0 Å². The number of amides is 1. The van der Waals surface area contributed by atoms with Gasteiger partial charge in [0, 0.05) is 19.7 Å². The van der Waals surface area contributed by atoms with E-state index in [1.165, 1.54) is 20.0 Å². The molecule has 0 heterocycles. The molecule has 0 radical (unpaired) electrons. The topological polar surface area (TPSA) is 78.4 Å². The molecule has 0 fully saturated rings. The zero-order chi connectivity index (χ0) is 12.6. The van der Waals surface area contributed by atoms with Crippen molar-refractivity contribution >= 4 is 11.7 Å². The Balaban J connectivity index is 4.66. The van der Waals surface area contributed by atoms with Crippen LogP contribution >= 0.6 is 0 Å². The molecule has 0 spiro atoms. The molecule has 0 aromatic heterocycles. The summed E-state index contributed by atoms with van der Waals surface area (Å²) in [5, 5.41) is 14.4. The van der Waals surface area contributed by atoms with Crippen molar-refractivity contribution in [1.82, 2.24) is 10.6 Å². The standard InChI is InChI=1S/C11H18N2O3/c1-4-6-13-11(16)8(12-3)7-10(15)9(14)5-2/h5,7,12,14H,4,6H2,1-3H3,(H,13,16)/b8-7-,9-5+. The fourth-order valence-electron chi connectivity index (χ4n) is 0.932. The van der Waals surface area contributed by atoms with Gasteiger partial charge in [-0.3, -0.25) is 9.59 Å². The Kier molecular flexibility index (Phi) is 6.67. The summed E-state index contributed by atoms with van der Waals surface area (Å²) in [6, 6.07) is 0. The van der Waals surface area contributed by atoms with E-state index < -0.39 is 5.78 Å². The van der Waals surface area contributed by atoms with Crippen LogP contribution in [-0.2, 0) is 9.59 Å². The summed E-state index contributed by atoms with van der Waals surface area (Å²) < 4.78 is 0. The molecule has 0 aliphatic heterocycles. The molecule has 0 saturated carbocycles. The van der Waals surface area contributed by atoms with Crippen LogP contribution < -0.4 is 10.6 Å². The Morgan fingerprint density at radius 3 is 2.44 bits per heavy atom. The maximum Gasteiger partial charge on any atom is 0.267 e. The van der Waals surface area contributed by atoms with Crippen LogP contribution in [0.15, 0.2) is 23.6 Å². The van der Waals surface area contributed by atoms with Crippen molar-refractivity contribution in [2.24, 2.45) is 0 Å². The predicted molar refractivity (Wildman–Crippen MR) is 61.8 cm³/mol. The fourth-order valence-corrected chi connectivity index (χ4v) is 0.932. The lowest BCUT2D eigenvalue weighted by Gasteiger charge is -2.06. The average molecular weight is 226 g/mol. The van der Waals surface area contributed by atoms with Gasteiger partial charge in [0.15, 0.2) is 5.76 Å². The van der Waals surface area contributed by atoms with Crippen LogP contribution in [0.2, 0.25) is 0 Å². The van der Waals surface area contributed by atoms with Crippen LogP contribution in [0.1, 0.15) is 20.3 Å². The molecule has 0 saturated heterocycles. The zero-order valence-electron chi connectivity index (χ0n) is 9.83. The molecule has 1 amide bonds. The second-order valence-corrected chi connectivity index (χ2v) is 3.10. The smallest absolute Gasteiger partial charge is 0.267 e. The van der Waals surface area contributed by atoms with E-state index in [9.17, 15) is 9.59 Å². The Morgan fingerprint density at radius 2 is 2.00 bits per heavy atom. The van der Waals surface area contributed by atoms with Crippen molar-refractivity contribution in [2.45, 2.75) is 20.3 Å². The number of carbonyl (C=O) groups excluding carboxylic acids is 2. The highest BCUT2D eigenvalue weighted by atomic mass is 16.3. The summed E-state index contributed by atoms with van der Waals surface area (Å²) >= 11 is 0. The monoisotopic (exact) mass is 226 g/mol. The number of allylic oxidation sites excluding steroid dienone is 2. The summed E-state index contributed by atoms with van der Waals surface area (Å²) in [4.78, 5) is 22.8. The summed E-state index contributed by atoms with van der Waals surface area (Å²) in [5.41, 5.74) is 0.131. The van der Waals surface area contributed by atoms with Gasteiger partial charge in [-0.1, -0.05) is 6.92 Å². The molecule has 0 unspecified atom stereocenters. The second-order valence-electron chi connectivity index (χ2n) is 3.10. The fraction of sp³-hybridized carbons (Fsp3) is 0.455. The van der Waals surface area contributed by atoms with Crippen molar-refractivity contribution in [3.8, 4) is 0 Å². The van der Waals surface area contributed by atoms with Gasteiger partial charge in [0.05, 0.1) is 0 Å². The largest absolute Gasteiger partial charge is 0.504 e. The summed E-state index contributed by atoms with van der Waals surface area (Å²) in [6.45, 7) is 4.01. The third-order valence-electron chi connectivity index (χ3n) is 1.85. The molecule has 0 rings (SSSR count). The number of rotatable bonds is 6. The molecule has 0 bridgehead atoms. The number of aliphatic hydroxyl groups is 1. The van der Waals surface area contributed by atoms with Crippen molar-refractivity contribution in [2.75, 3.05) is 13.6 Å². The molecule has 3 N–H and O–H groups in total. The molecule has 16 heavy (non-hydrogen) atoms. The molecular weight excluding hydrogens is 208 g/mol. The highest BCUT2D eigenvalue weighted by molar-refractivity contribution is 6.07. The van der Waals surface area contributed by atoms with Crippen LogP contribution in [0.5, 0.6) is 0 Å². The first-order chi connectivity index (χ1) is 7.56. The molecule has 90 valence electrons. The lowest BCUT2D eigenvalue weighted by Crippen LogP contribution is -2.31. The Hall–Kier alpha value is -1.78. The summed E-state index contributed by atoms with van der Waals surface area (Å²) in [5.74, 6) is -1.34. The normalized spacial score (nSPS) is 12.2. The van der Waals surface area contributed by atoms with Crippen molar-refractivity contribution in [1.29, 1.82) is 0 Å². The van der Waals surface area contributed by atoms with E-state index in [4.69, 9.17) is 5.11 Å². The van der Waals surface area contributed by atoms with E-state index in [0.29, 0.717) is 6.54 Å². The van der Waals surface area contributed by atoms with Crippen molar-refractivity contribution in [3.05, 3.63) is 23.6 Å². The van der Waals surface area contributed by atoms with E-state index in [1.807, 2.05) is 6.92 Å². The van der Waals surface area contributed by atoms with Gasteiger partial charge in [-0.25, -0.2) is 0 Å². The van der Waals surface area contributed by atoms with Crippen molar-refractivity contribution < 1.29 is 14.7 Å². The quantitative estimate of drug-likeness (QED) is 0.459. The molecule has 0 aromatic rings. The minimum absolute atomic E-state index is 0.131. The van der Waals surface area contributed by atoms with Crippen LogP contribution in [0.4, 0.5) is 0 Å². The lowest BCUT2D eigenvalue weighted by molar-refractivity contribution is -0.118. The number of hydrogen-bond acceptors (Lipinski definition) is 4. The minimum atomic E-state index is -0.599. The van der Waals surface area contributed by atoms with Gasteiger partial charge in [0.25, 0.3) is 5.91 Å². The summed E-state index contributed by atoms with van der Waals surface area (Å²) in [7, 11) is 1.54. The third-order valence-corrected chi connectivity index (χ3v) is 1.85. The predicted octanol–water partition coefficient (Wildman–Crippen LogP) is 0.647. The maximum atomic E-state index is 11.5. The van der Waals surface area contributed by atoms with Gasteiger partial charge in [0.2, 0.25) is 5.78 Å². The Morgan fingerprint density at radius 1 is 1.38 bits per heavy atom. The van der Waals surface area contributed by atoms with Crippen LogP contribution in [0.3, 0.4) is 0 Å². The molecule has 0 atom stereocenters. The minimum Gasteiger partial charge on any atom is -0.504 e. The van der Waals surface area contributed by atoms with E-state index in [2.05, 4.69) is 10.6 Å². The van der Waals surface area contributed by atoms with E-state index in [-0.39, 0.29) is 17.4 Å². The molecule has 0 aromatic carbocycles. The van der Waals surface area contributed by atoms with Gasteiger partial charge in [-0.15, -0.1) is 0 Å². The average Bonchev–Trinajstić information content (AvgIpc) is 2.31. The number of aliphatic hydroxyl groups excluding tert-OH is 1. The highest BCUT2D eigenvalue weighted by Crippen LogP contribution is 1.96. The lowest BCUT2D eigenvalue weighted by atomic mass is 10.2. The zero-order valence-corrected chi connectivity index (χ0v) is 9.83. The Bertz CT molecular complexity index is 319. The molecule has 5 heteroatoms. The maximum absolute atomic E-state index is 11.5. The molecule has 0 aliphatic carbocycles. The number of likely N-dealkylation sites (N-methyl/N-ethyl adjacent to an activating group) is 1. The van der Waals surface area contributed by atoms with Gasteiger partial charge in [-0.2, -0.15) is 0 Å². The third kappa shape index (κ3) is 4.63. The Labute approximate surface area is 95.2 Å². The van der Waals surface area contributed by atoms with Gasteiger partial charge in [-0.05, 0) is 19.4 Å². The SMILES string of the molecule is C/C=C(/O)C(=O)/C=C(\NC)C(=O)NCCC. The first kappa shape index (κ1) is 14.2. The molecule has 5 nitrogen and oxygen atoms in total. The van der Waals surface area contributed by atoms with Gasteiger partial charge in [0.1, 0.15) is 5.70 Å². The number of ketones is 1. The second kappa shape index (κ2) is 7.50. The van der Waals surface area contributed by atoms with Crippen LogP contribution in [0.25, 0.3) is 0 Å². The van der Waals surface area contributed by atoms with Crippen LogP contribution in [-0.4, -0.2) is 30.4 Å². The number of hydrogen-bond donors (Lipinski definition) is 3. The molecule has 0 aliphatic rings. The first-order valence-electron chi connectivity index (χ1n) is 5.14. The van der Waals surface area contributed by atoms with Gasteiger partial charge < -0.3 is 15.7 Å².